The zero-order valence-corrected chi connectivity index (χ0v) is 12.6. The van der Waals surface area contributed by atoms with Crippen LogP contribution in [0.2, 0.25) is 0 Å². The lowest BCUT2D eigenvalue weighted by molar-refractivity contribution is 0.246. The summed E-state index contributed by atoms with van der Waals surface area (Å²) in [5.41, 5.74) is 0.889. The molecule has 0 aromatic carbocycles. The van der Waals surface area contributed by atoms with Crippen molar-refractivity contribution in [1.82, 2.24) is 20.1 Å². The van der Waals surface area contributed by atoms with Gasteiger partial charge in [0.25, 0.3) is 0 Å². The summed E-state index contributed by atoms with van der Waals surface area (Å²) < 4.78 is 1.71. The Morgan fingerprint density at radius 2 is 2.05 bits per heavy atom. The Morgan fingerprint density at radius 3 is 2.71 bits per heavy atom. The van der Waals surface area contributed by atoms with E-state index in [1.54, 1.807) is 23.1 Å². The first kappa shape index (κ1) is 15.0. The molecule has 2 aromatic heterocycles. The van der Waals surface area contributed by atoms with E-state index in [1.165, 1.54) is 0 Å². The highest BCUT2D eigenvalue weighted by Gasteiger charge is 2.12. The van der Waals surface area contributed by atoms with Crippen LogP contribution in [-0.2, 0) is 6.54 Å². The van der Waals surface area contributed by atoms with E-state index in [1.807, 2.05) is 25.1 Å². The molecule has 0 radical (unpaired) electrons. The second-order valence-electron chi connectivity index (χ2n) is 5.33. The third-order valence-corrected chi connectivity index (χ3v) is 3.35. The van der Waals surface area contributed by atoms with Crippen LogP contribution in [0.5, 0.6) is 0 Å². The van der Waals surface area contributed by atoms with Crippen LogP contribution in [0.25, 0.3) is 0 Å². The van der Waals surface area contributed by atoms with Gasteiger partial charge < -0.3 is 5.32 Å². The van der Waals surface area contributed by atoms with Crippen molar-refractivity contribution in [2.45, 2.75) is 33.4 Å². The smallest absolute Gasteiger partial charge is 0.320 e. The summed E-state index contributed by atoms with van der Waals surface area (Å²) in [6.45, 7) is 6.63. The van der Waals surface area contributed by atoms with Gasteiger partial charge in [0, 0.05) is 18.3 Å². The van der Waals surface area contributed by atoms with Gasteiger partial charge in [0.15, 0.2) is 0 Å². The van der Waals surface area contributed by atoms with Crippen LogP contribution in [0.3, 0.4) is 0 Å². The molecule has 6 nitrogen and oxygen atoms in total. The summed E-state index contributed by atoms with van der Waals surface area (Å²) in [5.74, 6) is 1.03. The molecule has 0 spiro atoms. The van der Waals surface area contributed by atoms with Gasteiger partial charge in [0.05, 0.1) is 18.4 Å². The fourth-order valence-electron chi connectivity index (χ4n) is 1.74. The fraction of sp³-hybridized carbons (Fsp3) is 0.400. The molecule has 2 rings (SSSR count). The van der Waals surface area contributed by atoms with Gasteiger partial charge in [-0.25, -0.2) is 9.48 Å². The summed E-state index contributed by atoms with van der Waals surface area (Å²) in [4.78, 5) is 16.2. The largest absolute Gasteiger partial charge is 0.335 e. The molecule has 0 saturated heterocycles. The number of nitrogens with one attached hydrogen (secondary N) is 2. The molecule has 2 amide bonds. The molecule has 2 heterocycles. The highest BCUT2D eigenvalue weighted by molar-refractivity contribution is 5.88. The van der Waals surface area contributed by atoms with Crippen molar-refractivity contribution >= 4 is 11.8 Å². The van der Waals surface area contributed by atoms with E-state index in [4.69, 9.17) is 0 Å². The Labute approximate surface area is 124 Å². The van der Waals surface area contributed by atoms with Crippen LogP contribution in [0.15, 0.2) is 36.7 Å². The quantitative estimate of drug-likeness (QED) is 0.887. The minimum absolute atomic E-state index is 0.108. The zero-order chi connectivity index (χ0) is 15.2. The maximum Gasteiger partial charge on any atom is 0.320 e. The molecule has 6 heteroatoms. The molecule has 112 valence electrons. The zero-order valence-electron chi connectivity index (χ0n) is 12.6. The molecular weight excluding hydrogens is 266 g/mol. The number of amides is 2. The van der Waals surface area contributed by atoms with Gasteiger partial charge in [-0.1, -0.05) is 19.9 Å². The molecule has 0 aliphatic carbocycles. The molecule has 0 fully saturated rings. The third-order valence-electron chi connectivity index (χ3n) is 3.35. The van der Waals surface area contributed by atoms with Crippen molar-refractivity contribution in [3.8, 4) is 0 Å². The predicted octanol–water partition coefficient (Wildman–Crippen LogP) is 2.49. The lowest BCUT2D eigenvalue weighted by Gasteiger charge is -2.18. The highest BCUT2D eigenvalue weighted by Crippen LogP contribution is 2.09. The van der Waals surface area contributed by atoms with Gasteiger partial charge in [-0.2, -0.15) is 5.10 Å². The molecule has 0 bridgehead atoms. The number of carbonyl (C=O) groups is 1. The average Bonchev–Trinajstić information content (AvgIpc) is 2.86. The number of pyridine rings is 1. The monoisotopic (exact) mass is 287 g/mol. The molecule has 0 unspecified atom stereocenters. The average molecular weight is 287 g/mol. The van der Waals surface area contributed by atoms with Gasteiger partial charge in [-0.05, 0) is 25.0 Å². The maximum atomic E-state index is 12.0. The van der Waals surface area contributed by atoms with E-state index in [-0.39, 0.29) is 12.1 Å². The van der Waals surface area contributed by atoms with Gasteiger partial charge in [0.2, 0.25) is 0 Å². The first-order chi connectivity index (χ1) is 10.1. The molecule has 0 saturated carbocycles. The minimum atomic E-state index is -0.223. The van der Waals surface area contributed by atoms with E-state index in [9.17, 15) is 4.79 Å². The Hall–Kier alpha value is -2.37. The van der Waals surface area contributed by atoms with Crippen LogP contribution < -0.4 is 10.6 Å². The lowest BCUT2D eigenvalue weighted by Crippen LogP contribution is -2.39. The van der Waals surface area contributed by atoms with Crippen LogP contribution in [-0.4, -0.2) is 26.8 Å². The summed E-state index contributed by atoms with van der Waals surface area (Å²) in [7, 11) is 0. The third kappa shape index (κ3) is 4.30. The Balaban J connectivity index is 1.99. The van der Waals surface area contributed by atoms with E-state index < -0.39 is 0 Å². The number of carbonyl (C=O) groups excluding carboxylic acids is 1. The Bertz CT molecular complexity index is 579. The van der Waals surface area contributed by atoms with Crippen molar-refractivity contribution in [3.05, 3.63) is 42.4 Å². The first-order valence-electron chi connectivity index (χ1n) is 7.05. The van der Waals surface area contributed by atoms with Crippen LogP contribution in [0, 0.1) is 5.92 Å². The van der Waals surface area contributed by atoms with Gasteiger partial charge in [-0.15, -0.1) is 0 Å². The standard InChI is InChI=1S/C15H21N5O/c1-11(2)12(3)18-15(21)19-14-7-9-17-20(14)10-13-6-4-5-8-16-13/h4-9,11-12H,10H2,1-3H3,(H2,18,19,21)/t12-/m1/s1. The summed E-state index contributed by atoms with van der Waals surface area (Å²) in [5, 5.41) is 9.93. The normalized spacial score (nSPS) is 12.2. The molecule has 0 aliphatic heterocycles. The fourth-order valence-corrected chi connectivity index (χ4v) is 1.74. The number of hydrogen-bond acceptors (Lipinski definition) is 3. The second kappa shape index (κ2) is 6.88. The van der Waals surface area contributed by atoms with E-state index in [0.717, 1.165) is 5.69 Å². The second-order valence-corrected chi connectivity index (χ2v) is 5.33. The van der Waals surface area contributed by atoms with Crippen molar-refractivity contribution in [1.29, 1.82) is 0 Å². The maximum absolute atomic E-state index is 12.0. The van der Waals surface area contributed by atoms with Crippen molar-refractivity contribution < 1.29 is 4.79 Å². The number of urea groups is 1. The first-order valence-corrected chi connectivity index (χ1v) is 7.05. The molecule has 0 aliphatic rings. The van der Waals surface area contributed by atoms with Gasteiger partial charge in [-0.3, -0.25) is 10.3 Å². The van der Waals surface area contributed by atoms with E-state index in [0.29, 0.717) is 18.3 Å². The molecule has 1 atom stereocenters. The SMILES string of the molecule is CC(C)[C@@H](C)NC(=O)Nc1ccnn1Cc1ccccn1. The van der Waals surface area contributed by atoms with Gasteiger partial charge >= 0.3 is 6.03 Å². The van der Waals surface area contributed by atoms with Gasteiger partial charge in [0.1, 0.15) is 5.82 Å². The minimum Gasteiger partial charge on any atom is -0.335 e. The number of nitrogens with zero attached hydrogens (tertiary/aromatic N) is 3. The summed E-state index contributed by atoms with van der Waals surface area (Å²) in [6, 6.07) is 7.37. The van der Waals surface area contributed by atoms with Crippen LogP contribution >= 0.6 is 0 Å². The van der Waals surface area contributed by atoms with E-state index in [2.05, 4.69) is 34.6 Å². The van der Waals surface area contributed by atoms with Crippen molar-refractivity contribution in [2.24, 2.45) is 5.92 Å². The lowest BCUT2D eigenvalue weighted by atomic mass is 10.1. The van der Waals surface area contributed by atoms with Crippen LogP contribution in [0.4, 0.5) is 10.6 Å². The summed E-state index contributed by atoms with van der Waals surface area (Å²) >= 11 is 0. The number of rotatable bonds is 5. The Morgan fingerprint density at radius 1 is 1.24 bits per heavy atom. The molecule has 2 aromatic rings. The number of anilines is 1. The van der Waals surface area contributed by atoms with Crippen molar-refractivity contribution in [3.63, 3.8) is 0 Å². The summed E-state index contributed by atoms with van der Waals surface area (Å²) in [6.07, 6.45) is 3.40. The molecular formula is C15H21N5O. The van der Waals surface area contributed by atoms with E-state index >= 15 is 0 Å². The molecule has 21 heavy (non-hydrogen) atoms. The molecule has 2 N–H and O–H groups in total. The number of aromatic nitrogens is 3. The predicted molar refractivity (Wildman–Crippen MR) is 82.0 cm³/mol. The van der Waals surface area contributed by atoms with Crippen LogP contribution in [0.1, 0.15) is 26.5 Å². The topological polar surface area (TPSA) is 71.8 Å². The van der Waals surface area contributed by atoms with Crippen molar-refractivity contribution in [2.75, 3.05) is 5.32 Å². The number of hydrogen-bond donors (Lipinski definition) is 2. The highest BCUT2D eigenvalue weighted by atomic mass is 16.2. The Kier molecular flexibility index (Phi) is 4.92.